The van der Waals surface area contributed by atoms with Gasteiger partial charge >= 0.3 is 0 Å². The lowest BCUT2D eigenvalue weighted by Gasteiger charge is -2.07. The number of halogens is 1. The van der Waals surface area contributed by atoms with Crippen LogP contribution in [0.2, 0.25) is 0 Å². The van der Waals surface area contributed by atoms with E-state index in [4.69, 9.17) is 0 Å². The third-order valence-electron chi connectivity index (χ3n) is 4.53. The van der Waals surface area contributed by atoms with Crippen molar-refractivity contribution < 1.29 is 9.18 Å². The van der Waals surface area contributed by atoms with Crippen molar-refractivity contribution >= 4 is 22.8 Å². The summed E-state index contributed by atoms with van der Waals surface area (Å²) in [4.78, 5) is 16.9. The van der Waals surface area contributed by atoms with Crippen LogP contribution in [0.1, 0.15) is 11.4 Å². The molecule has 0 atom stereocenters. The molecule has 0 unspecified atom stereocenters. The van der Waals surface area contributed by atoms with Crippen molar-refractivity contribution in [3.63, 3.8) is 0 Å². The summed E-state index contributed by atoms with van der Waals surface area (Å²) in [6.45, 7) is 3.76. The zero-order chi connectivity index (χ0) is 19.8. The molecular formula is C20H19FN6O. The minimum atomic E-state index is -0.288. The molecule has 0 bridgehead atoms. The molecule has 142 valence electrons. The average molecular weight is 378 g/mol. The van der Waals surface area contributed by atoms with Gasteiger partial charge in [0.1, 0.15) is 18.2 Å². The monoisotopic (exact) mass is 378 g/mol. The molecule has 1 N–H and O–H groups in total. The molecule has 7 nitrogen and oxygen atoms in total. The Bertz CT molecular complexity index is 1180. The third-order valence-corrected chi connectivity index (χ3v) is 4.53. The van der Waals surface area contributed by atoms with E-state index in [2.05, 4.69) is 20.5 Å². The van der Waals surface area contributed by atoms with Crippen LogP contribution in [0.3, 0.4) is 0 Å². The number of aryl methyl sites for hydroxylation is 3. The Kier molecular flexibility index (Phi) is 4.38. The number of pyridine rings is 1. The first-order valence-corrected chi connectivity index (χ1v) is 8.81. The summed E-state index contributed by atoms with van der Waals surface area (Å²) in [5.74, 6) is 0.112. The summed E-state index contributed by atoms with van der Waals surface area (Å²) in [6.07, 6.45) is 1.67. The molecule has 0 aliphatic carbocycles. The molecule has 28 heavy (non-hydrogen) atoms. The van der Waals surface area contributed by atoms with Crippen molar-refractivity contribution in [3.05, 3.63) is 59.8 Å². The highest BCUT2D eigenvalue weighted by Crippen LogP contribution is 2.29. The highest BCUT2D eigenvalue weighted by molar-refractivity contribution is 5.96. The summed E-state index contributed by atoms with van der Waals surface area (Å²) < 4.78 is 16.5. The predicted molar refractivity (Wildman–Crippen MR) is 104 cm³/mol. The topological polar surface area (TPSA) is 77.6 Å². The SMILES string of the molecule is Cc1cc(NC(=O)Cn2nc(C)c3c(-c4ccc(F)cc4)ccnc32)n(C)n1. The van der Waals surface area contributed by atoms with Gasteiger partial charge in [-0.2, -0.15) is 10.2 Å². The normalized spacial score (nSPS) is 11.1. The Morgan fingerprint density at radius 3 is 2.57 bits per heavy atom. The van der Waals surface area contributed by atoms with E-state index in [1.807, 2.05) is 19.9 Å². The van der Waals surface area contributed by atoms with Gasteiger partial charge in [0.15, 0.2) is 5.65 Å². The number of rotatable bonds is 4. The van der Waals surface area contributed by atoms with Gasteiger partial charge in [0.05, 0.1) is 11.4 Å². The van der Waals surface area contributed by atoms with Crippen LogP contribution in [-0.2, 0) is 18.4 Å². The highest BCUT2D eigenvalue weighted by atomic mass is 19.1. The van der Waals surface area contributed by atoms with Crippen LogP contribution in [0.4, 0.5) is 10.2 Å². The molecule has 3 heterocycles. The Balaban J connectivity index is 1.67. The minimum absolute atomic E-state index is 0.0223. The molecule has 0 fully saturated rings. The molecule has 0 radical (unpaired) electrons. The van der Waals surface area contributed by atoms with Crippen LogP contribution in [0.5, 0.6) is 0 Å². The fraction of sp³-hybridized carbons (Fsp3) is 0.200. The molecule has 0 saturated carbocycles. The molecule has 0 aliphatic rings. The van der Waals surface area contributed by atoms with E-state index in [9.17, 15) is 9.18 Å². The van der Waals surface area contributed by atoms with Gasteiger partial charge in [-0.25, -0.2) is 14.1 Å². The number of hydrogen-bond acceptors (Lipinski definition) is 4. The zero-order valence-electron chi connectivity index (χ0n) is 15.8. The third kappa shape index (κ3) is 3.24. The molecule has 3 aromatic heterocycles. The number of hydrogen-bond donors (Lipinski definition) is 1. The maximum atomic E-state index is 13.3. The molecule has 4 rings (SSSR count). The number of benzene rings is 1. The number of carbonyl (C=O) groups is 1. The maximum Gasteiger partial charge on any atom is 0.247 e. The fourth-order valence-corrected chi connectivity index (χ4v) is 3.31. The largest absolute Gasteiger partial charge is 0.309 e. The fourth-order valence-electron chi connectivity index (χ4n) is 3.31. The van der Waals surface area contributed by atoms with Crippen LogP contribution in [-0.4, -0.2) is 30.5 Å². The molecule has 1 amide bonds. The minimum Gasteiger partial charge on any atom is -0.309 e. The number of nitrogens with one attached hydrogen (secondary N) is 1. The summed E-state index contributed by atoms with van der Waals surface area (Å²) in [5.41, 5.74) is 3.95. The van der Waals surface area contributed by atoms with Crippen molar-refractivity contribution in [3.8, 4) is 11.1 Å². The van der Waals surface area contributed by atoms with Crippen molar-refractivity contribution in [1.82, 2.24) is 24.5 Å². The van der Waals surface area contributed by atoms with Crippen molar-refractivity contribution in [1.29, 1.82) is 0 Å². The lowest BCUT2D eigenvalue weighted by atomic mass is 10.0. The summed E-state index contributed by atoms with van der Waals surface area (Å²) in [7, 11) is 1.77. The zero-order valence-corrected chi connectivity index (χ0v) is 15.8. The molecule has 1 aromatic carbocycles. The summed E-state index contributed by atoms with van der Waals surface area (Å²) >= 11 is 0. The van der Waals surface area contributed by atoms with E-state index in [1.165, 1.54) is 12.1 Å². The van der Waals surface area contributed by atoms with E-state index >= 15 is 0 Å². The molecule has 0 aliphatic heterocycles. The van der Waals surface area contributed by atoms with Gasteiger partial charge in [-0.3, -0.25) is 9.48 Å². The van der Waals surface area contributed by atoms with Crippen LogP contribution in [0.15, 0.2) is 42.6 Å². The van der Waals surface area contributed by atoms with Crippen LogP contribution >= 0.6 is 0 Å². The van der Waals surface area contributed by atoms with Crippen LogP contribution in [0, 0.1) is 19.7 Å². The standard InChI is InChI=1S/C20H19FN6O/c1-12-10-17(26(3)24-12)23-18(28)11-27-20-19(13(2)25-27)16(8-9-22-20)14-4-6-15(21)7-5-14/h4-10H,11H2,1-3H3,(H,23,28). The second-order valence-electron chi connectivity index (χ2n) is 6.65. The van der Waals surface area contributed by atoms with Crippen molar-refractivity contribution in [2.75, 3.05) is 5.32 Å². The van der Waals surface area contributed by atoms with Gasteiger partial charge in [0, 0.05) is 24.7 Å². The quantitative estimate of drug-likeness (QED) is 0.591. The predicted octanol–water partition coefficient (Wildman–Crippen LogP) is 3.23. The summed E-state index contributed by atoms with van der Waals surface area (Å²) in [5, 5.41) is 12.4. The maximum absolute atomic E-state index is 13.3. The van der Waals surface area contributed by atoms with Crippen LogP contribution in [0.25, 0.3) is 22.2 Å². The van der Waals surface area contributed by atoms with Crippen LogP contribution < -0.4 is 5.32 Å². The van der Waals surface area contributed by atoms with Gasteiger partial charge in [0.25, 0.3) is 0 Å². The van der Waals surface area contributed by atoms with Gasteiger partial charge in [0.2, 0.25) is 5.91 Å². The average Bonchev–Trinajstić information content (AvgIpc) is 3.14. The van der Waals surface area contributed by atoms with Gasteiger partial charge in [-0.1, -0.05) is 12.1 Å². The van der Waals surface area contributed by atoms with Gasteiger partial charge in [-0.15, -0.1) is 0 Å². The van der Waals surface area contributed by atoms with E-state index < -0.39 is 0 Å². The number of amides is 1. The second kappa shape index (κ2) is 6.88. The smallest absolute Gasteiger partial charge is 0.247 e. The van der Waals surface area contributed by atoms with Gasteiger partial charge in [-0.05, 0) is 43.2 Å². The number of aromatic nitrogens is 5. The second-order valence-corrected chi connectivity index (χ2v) is 6.65. The first-order valence-electron chi connectivity index (χ1n) is 8.81. The first kappa shape index (κ1) is 17.8. The lowest BCUT2D eigenvalue weighted by molar-refractivity contribution is -0.116. The Hall–Kier alpha value is -3.55. The Labute approximate surface area is 160 Å². The van der Waals surface area contributed by atoms with Gasteiger partial charge < -0.3 is 5.32 Å². The van der Waals surface area contributed by atoms with E-state index in [1.54, 1.807) is 40.8 Å². The summed E-state index contributed by atoms with van der Waals surface area (Å²) in [6, 6.07) is 9.95. The molecular weight excluding hydrogens is 359 g/mol. The number of carbonyl (C=O) groups excluding carboxylic acids is 1. The highest BCUT2D eigenvalue weighted by Gasteiger charge is 2.16. The Morgan fingerprint density at radius 1 is 1.14 bits per heavy atom. The van der Waals surface area contributed by atoms with E-state index in [-0.39, 0.29) is 18.3 Å². The number of fused-ring (bicyclic) bond motifs is 1. The molecule has 0 spiro atoms. The lowest BCUT2D eigenvalue weighted by Crippen LogP contribution is -2.21. The van der Waals surface area contributed by atoms with E-state index in [0.29, 0.717) is 11.5 Å². The molecule has 4 aromatic rings. The Morgan fingerprint density at radius 2 is 1.89 bits per heavy atom. The molecule has 8 heteroatoms. The molecule has 0 saturated heterocycles. The first-order chi connectivity index (χ1) is 13.4. The van der Waals surface area contributed by atoms with Crippen molar-refractivity contribution in [2.24, 2.45) is 7.05 Å². The number of nitrogens with zero attached hydrogens (tertiary/aromatic N) is 5. The van der Waals surface area contributed by atoms with E-state index in [0.717, 1.165) is 27.9 Å². The number of anilines is 1. The van der Waals surface area contributed by atoms with Crippen molar-refractivity contribution in [2.45, 2.75) is 20.4 Å².